The Morgan fingerprint density at radius 2 is 1.63 bits per heavy atom. The van der Waals surface area contributed by atoms with E-state index in [1.54, 1.807) is 23.1 Å². The topological polar surface area (TPSA) is 90.0 Å². The number of amides is 1. The highest BCUT2D eigenvalue weighted by molar-refractivity contribution is 7.91. The first kappa shape index (κ1) is 37.4. The number of aldehydes is 1. The molecule has 3 aromatic rings. The summed E-state index contributed by atoms with van der Waals surface area (Å²) < 4.78 is 52.9. The van der Waals surface area contributed by atoms with Crippen LogP contribution in [0.1, 0.15) is 76.1 Å². The van der Waals surface area contributed by atoms with E-state index in [1.807, 2.05) is 45.9 Å². The molecule has 0 aliphatic carbocycles. The third-order valence-electron chi connectivity index (χ3n) is 8.14. The van der Waals surface area contributed by atoms with E-state index in [4.69, 9.17) is 20.8 Å². The van der Waals surface area contributed by atoms with Gasteiger partial charge in [0.15, 0.2) is 14.6 Å². The molecule has 0 aliphatic rings. The highest BCUT2D eigenvalue weighted by Crippen LogP contribution is 2.40. The van der Waals surface area contributed by atoms with E-state index in [2.05, 4.69) is 33.9 Å². The Balaban J connectivity index is 1.96. The van der Waals surface area contributed by atoms with Crippen molar-refractivity contribution in [2.45, 2.75) is 101 Å². The molecule has 0 heterocycles. The van der Waals surface area contributed by atoms with Gasteiger partial charge in [0.25, 0.3) is 0 Å². The van der Waals surface area contributed by atoms with Gasteiger partial charge >= 0.3 is 6.09 Å². The van der Waals surface area contributed by atoms with Crippen molar-refractivity contribution in [3.63, 3.8) is 0 Å². The molecule has 2 atom stereocenters. The minimum Gasteiger partial charge on any atom is -0.444 e. The molecule has 3 aromatic carbocycles. The first-order valence-electron chi connectivity index (χ1n) is 15.2. The van der Waals surface area contributed by atoms with Gasteiger partial charge in [0.05, 0.1) is 22.4 Å². The second-order valence-corrected chi connectivity index (χ2v) is 21.2. The molecule has 7 nitrogen and oxygen atoms in total. The molecule has 1 amide bonds. The van der Waals surface area contributed by atoms with Crippen LogP contribution >= 0.6 is 11.6 Å². The van der Waals surface area contributed by atoms with E-state index >= 15 is 0 Å². The van der Waals surface area contributed by atoms with Crippen molar-refractivity contribution in [1.29, 1.82) is 0 Å². The van der Waals surface area contributed by atoms with Crippen molar-refractivity contribution in [3.05, 3.63) is 94.3 Å². The number of sulfone groups is 1. The van der Waals surface area contributed by atoms with Crippen molar-refractivity contribution in [2.75, 3.05) is 6.54 Å². The number of halogens is 2. The summed E-state index contributed by atoms with van der Waals surface area (Å²) in [5.74, 6) is -0.702. The third-order valence-corrected chi connectivity index (χ3v) is 14.7. The second kappa shape index (κ2) is 14.4. The average molecular weight is 690 g/mol. The minimum absolute atomic E-state index is 0.0357. The lowest BCUT2D eigenvalue weighted by atomic mass is 10.0. The number of nitrogens with zero attached hydrogens (tertiary/aromatic N) is 1. The van der Waals surface area contributed by atoms with Gasteiger partial charge in [0.2, 0.25) is 9.84 Å². The summed E-state index contributed by atoms with van der Waals surface area (Å²) in [5, 5.41) is 0.475. The van der Waals surface area contributed by atoms with Crippen LogP contribution in [-0.2, 0) is 25.4 Å². The normalized spacial score (nSPS) is 14.0. The van der Waals surface area contributed by atoms with Crippen LogP contribution in [0.2, 0.25) is 23.2 Å². The molecule has 0 fully saturated rings. The summed E-state index contributed by atoms with van der Waals surface area (Å²) in [4.78, 5) is 26.5. The summed E-state index contributed by atoms with van der Waals surface area (Å²) in [6.45, 7) is 18.3. The zero-order valence-corrected chi connectivity index (χ0v) is 30.6. The molecule has 0 radical (unpaired) electrons. The van der Waals surface area contributed by atoms with Gasteiger partial charge in [-0.05, 0) is 106 Å². The molecule has 0 N–H and O–H groups in total. The number of benzene rings is 3. The number of hydrogen-bond acceptors (Lipinski definition) is 6. The monoisotopic (exact) mass is 689 g/mol. The molecule has 250 valence electrons. The first-order chi connectivity index (χ1) is 21.1. The maximum absolute atomic E-state index is 13.7. The van der Waals surface area contributed by atoms with Crippen molar-refractivity contribution in [1.82, 2.24) is 4.90 Å². The van der Waals surface area contributed by atoms with Gasteiger partial charge < -0.3 is 14.1 Å². The van der Waals surface area contributed by atoms with Crippen LogP contribution in [0.25, 0.3) is 0 Å². The molecule has 0 unspecified atom stereocenters. The molecule has 0 saturated heterocycles. The fourth-order valence-electron chi connectivity index (χ4n) is 4.62. The van der Waals surface area contributed by atoms with Crippen LogP contribution in [0.15, 0.2) is 76.5 Å². The Hall–Kier alpha value is -3.05. The lowest BCUT2D eigenvalue weighted by Gasteiger charge is -2.41. The maximum Gasteiger partial charge on any atom is 0.410 e. The van der Waals surface area contributed by atoms with E-state index in [9.17, 15) is 22.4 Å². The highest BCUT2D eigenvalue weighted by atomic mass is 35.5. The number of hydrogen-bond donors (Lipinski definition) is 0. The van der Waals surface area contributed by atoms with Crippen LogP contribution in [0.3, 0.4) is 0 Å². The van der Waals surface area contributed by atoms with E-state index in [0.717, 1.165) is 29.3 Å². The Bertz CT molecular complexity index is 1650. The predicted molar refractivity (Wildman–Crippen MR) is 182 cm³/mol. The van der Waals surface area contributed by atoms with Gasteiger partial charge in [0.1, 0.15) is 11.4 Å². The smallest absolute Gasteiger partial charge is 0.410 e. The largest absolute Gasteiger partial charge is 0.444 e. The highest BCUT2D eigenvalue weighted by Gasteiger charge is 2.41. The van der Waals surface area contributed by atoms with E-state index in [1.165, 1.54) is 12.1 Å². The van der Waals surface area contributed by atoms with Crippen LogP contribution in [0, 0.1) is 5.82 Å². The number of carbonyl (C=O) groups excluding carboxylic acids is 2. The zero-order chi connectivity index (χ0) is 34.7. The van der Waals surface area contributed by atoms with Crippen LogP contribution in [0.5, 0.6) is 0 Å². The predicted octanol–water partition coefficient (Wildman–Crippen LogP) is 9.06. The van der Waals surface area contributed by atoms with E-state index in [-0.39, 0.29) is 33.0 Å². The zero-order valence-electron chi connectivity index (χ0n) is 28.1. The van der Waals surface area contributed by atoms with Crippen molar-refractivity contribution in [3.8, 4) is 0 Å². The Labute approximate surface area is 279 Å². The fraction of sp³-hybridized carbons (Fsp3) is 0.429. The Kier molecular flexibility index (Phi) is 11.7. The Morgan fingerprint density at radius 3 is 2.17 bits per heavy atom. The molecule has 0 aliphatic heterocycles. The van der Waals surface area contributed by atoms with Crippen molar-refractivity contribution < 1.29 is 31.6 Å². The molecule has 11 heteroatoms. The molecule has 0 spiro atoms. The molecule has 0 saturated carbocycles. The molecule has 3 rings (SSSR count). The number of rotatable bonds is 11. The maximum atomic E-state index is 13.7. The molecule has 0 aromatic heterocycles. The van der Waals surface area contributed by atoms with Gasteiger partial charge in [-0.15, -0.1) is 0 Å². The summed E-state index contributed by atoms with van der Waals surface area (Å²) >= 11 is 6.39. The standard InChI is InChI=1S/C35H45ClFNO6SSi/c1-24(19-25-13-16-30(17-14-25)45(41,42)32-18-15-29(37)21-27(32)23-39)38(33(40)43-34(2,3)4)22-31(26-11-10-12-28(36)20-26)44-46(8,9)35(5,6)7/h10-18,20-21,23-24,31H,19,22H2,1-9H3/t24-,31+/m1/s1. The van der Waals surface area contributed by atoms with Gasteiger partial charge in [0, 0.05) is 16.6 Å². The summed E-state index contributed by atoms with van der Waals surface area (Å²) in [6.07, 6.45) is -0.270. The molecular weight excluding hydrogens is 645 g/mol. The van der Waals surface area contributed by atoms with E-state index < -0.39 is 41.8 Å². The van der Waals surface area contributed by atoms with Gasteiger partial charge in [-0.25, -0.2) is 17.6 Å². The van der Waals surface area contributed by atoms with Crippen LogP contribution in [-0.4, -0.2) is 52.2 Å². The lowest BCUT2D eigenvalue weighted by Crippen LogP contribution is -2.48. The fourth-order valence-corrected chi connectivity index (χ4v) is 7.51. The third kappa shape index (κ3) is 9.50. The van der Waals surface area contributed by atoms with Crippen LogP contribution in [0.4, 0.5) is 9.18 Å². The molecule has 0 bridgehead atoms. The van der Waals surface area contributed by atoms with Crippen molar-refractivity contribution >= 4 is 42.1 Å². The van der Waals surface area contributed by atoms with Gasteiger partial charge in [-0.3, -0.25) is 4.79 Å². The average Bonchev–Trinajstić information content (AvgIpc) is 2.93. The lowest BCUT2D eigenvalue weighted by molar-refractivity contribution is 0.00679. The quantitative estimate of drug-likeness (QED) is 0.113. The second-order valence-electron chi connectivity index (χ2n) is 14.1. The first-order valence-corrected chi connectivity index (χ1v) is 19.9. The van der Waals surface area contributed by atoms with Gasteiger partial charge in [-0.2, -0.15) is 0 Å². The molecule has 46 heavy (non-hydrogen) atoms. The number of carbonyl (C=O) groups is 2. The van der Waals surface area contributed by atoms with Crippen LogP contribution < -0.4 is 0 Å². The van der Waals surface area contributed by atoms with E-state index in [0.29, 0.717) is 17.7 Å². The summed E-state index contributed by atoms with van der Waals surface area (Å²) in [6, 6.07) is 16.3. The number of ether oxygens (including phenoxy) is 1. The Morgan fingerprint density at radius 1 is 1.00 bits per heavy atom. The summed E-state index contributed by atoms with van der Waals surface area (Å²) in [7, 11) is -6.39. The SMILES string of the molecule is C[C@H](Cc1ccc(S(=O)(=O)c2ccc(F)cc2C=O)cc1)N(C[C@H](O[Si](C)(C)C(C)(C)C)c1cccc(Cl)c1)C(=O)OC(C)(C)C. The summed E-state index contributed by atoms with van der Waals surface area (Å²) in [5.41, 5.74) is 0.639. The van der Waals surface area contributed by atoms with Gasteiger partial charge in [-0.1, -0.05) is 56.6 Å². The minimum atomic E-state index is -4.08. The molecular formula is C35H45ClFNO6SSi. The van der Waals surface area contributed by atoms with Crippen molar-refractivity contribution in [2.24, 2.45) is 0 Å².